The van der Waals surface area contributed by atoms with Crippen molar-refractivity contribution in [3.8, 4) is 0 Å². The summed E-state index contributed by atoms with van der Waals surface area (Å²) in [5, 5.41) is 8.70. The third kappa shape index (κ3) is 12.4. The smallest absolute Gasteiger partial charge is 0.317 e. The van der Waals surface area contributed by atoms with Crippen LogP contribution in [0.15, 0.2) is 0 Å². The minimum Gasteiger partial charge on any atom is -0.480 e. The molecular formula is C15H29BrO2. The van der Waals surface area contributed by atoms with Gasteiger partial charge >= 0.3 is 5.97 Å². The van der Waals surface area contributed by atoms with Crippen LogP contribution in [0.25, 0.3) is 0 Å². The molecule has 1 N–H and O–H groups in total. The zero-order valence-electron chi connectivity index (χ0n) is 12.0. The van der Waals surface area contributed by atoms with E-state index in [1.165, 1.54) is 51.4 Å². The van der Waals surface area contributed by atoms with Crippen molar-refractivity contribution in [2.24, 2.45) is 5.92 Å². The van der Waals surface area contributed by atoms with Crippen LogP contribution in [0.2, 0.25) is 0 Å². The summed E-state index contributed by atoms with van der Waals surface area (Å²) in [6, 6.07) is 0. The van der Waals surface area contributed by atoms with E-state index in [1.807, 2.05) is 0 Å². The van der Waals surface area contributed by atoms with Crippen molar-refractivity contribution < 1.29 is 9.90 Å². The van der Waals surface area contributed by atoms with Gasteiger partial charge in [0.2, 0.25) is 0 Å². The lowest BCUT2D eigenvalue weighted by Gasteiger charge is -2.05. The topological polar surface area (TPSA) is 37.3 Å². The lowest BCUT2D eigenvalue weighted by molar-refractivity contribution is -0.136. The first kappa shape index (κ1) is 17.9. The number of carboxylic acid groups (broad SMARTS) is 1. The molecule has 0 heterocycles. The molecule has 1 unspecified atom stereocenters. The Balaban J connectivity index is 3.10. The minimum absolute atomic E-state index is 0.353. The summed E-state index contributed by atoms with van der Waals surface area (Å²) in [5.41, 5.74) is 0. The highest BCUT2D eigenvalue weighted by Gasteiger charge is 2.11. The third-order valence-electron chi connectivity index (χ3n) is 3.26. The molecule has 0 amide bonds. The molecule has 0 aliphatic heterocycles. The maximum absolute atomic E-state index is 10.6. The molecule has 0 rings (SSSR count). The highest BCUT2D eigenvalue weighted by Crippen LogP contribution is 2.15. The Hall–Kier alpha value is -0.0500. The van der Waals surface area contributed by atoms with Gasteiger partial charge in [-0.25, -0.2) is 0 Å². The van der Waals surface area contributed by atoms with E-state index in [0.717, 1.165) is 18.8 Å². The Labute approximate surface area is 121 Å². The highest BCUT2D eigenvalue weighted by atomic mass is 79.9. The molecule has 0 aliphatic carbocycles. The van der Waals surface area contributed by atoms with Crippen LogP contribution in [0, 0.1) is 5.92 Å². The number of halogens is 1. The number of aliphatic carboxylic acids is 1. The van der Waals surface area contributed by atoms with Gasteiger partial charge in [0.15, 0.2) is 0 Å². The van der Waals surface area contributed by atoms with Gasteiger partial charge in [0.25, 0.3) is 0 Å². The molecule has 0 aromatic rings. The van der Waals surface area contributed by atoms with Crippen LogP contribution >= 0.6 is 15.9 Å². The monoisotopic (exact) mass is 320 g/mol. The lowest BCUT2D eigenvalue weighted by atomic mass is 10.0. The van der Waals surface area contributed by atoms with Gasteiger partial charge in [0.1, 0.15) is 4.83 Å². The van der Waals surface area contributed by atoms with Crippen LogP contribution < -0.4 is 0 Å². The number of hydrogen-bond donors (Lipinski definition) is 1. The van der Waals surface area contributed by atoms with E-state index in [0.29, 0.717) is 0 Å². The Morgan fingerprint density at radius 1 is 0.889 bits per heavy atom. The Morgan fingerprint density at radius 2 is 1.28 bits per heavy atom. The average molecular weight is 321 g/mol. The van der Waals surface area contributed by atoms with Crippen molar-refractivity contribution in [3.05, 3.63) is 0 Å². The fraction of sp³-hybridized carbons (Fsp3) is 0.933. The van der Waals surface area contributed by atoms with Crippen LogP contribution in [0.1, 0.15) is 78.1 Å². The van der Waals surface area contributed by atoms with Crippen molar-refractivity contribution >= 4 is 21.9 Å². The van der Waals surface area contributed by atoms with E-state index >= 15 is 0 Å². The molecule has 2 nitrogen and oxygen atoms in total. The summed E-state index contributed by atoms with van der Waals surface area (Å²) in [6.45, 7) is 4.57. The number of unbranched alkanes of at least 4 members (excludes halogenated alkanes) is 7. The predicted octanol–water partition coefficient (Wildman–Crippen LogP) is 5.39. The zero-order valence-corrected chi connectivity index (χ0v) is 13.5. The van der Waals surface area contributed by atoms with E-state index < -0.39 is 5.97 Å². The fourth-order valence-electron chi connectivity index (χ4n) is 2.06. The molecule has 1 atom stereocenters. The van der Waals surface area contributed by atoms with E-state index in [2.05, 4.69) is 29.8 Å². The number of hydrogen-bond acceptors (Lipinski definition) is 1. The van der Waals surface area contributed by atoms with Crippen LogP contribution in [-0.4, -0.2) is 15.9 Å². The highest BCUT2D eigenvalue weighted by molar-refractivity contribution is 9.10. The summed E-state index contributed by atoms with van der Waals surface area (Å²) in [6.07, 6.45) is 12.3. The predicted molar refractivity (Wildman–Crippen MR) is 81.4 cm³/mol. The Morgan fingerprint density at radius 3 is 1.67 bits per heavy atom. The van der Waals surface area contributed by atoms with Gasteiger partial charge in [-0.3, -0.25) is 4.79 Å². The lowest BCUT2D eigenvalue weighted by Crippen LogP contribution is -2.11. The van der Waals surface area contributed by atoms with E-state index in [9.17, 15) is 4.79 Å². The van der Waals surface area contributed by atoms with E-state index in [-0.39, 0.29) is 4.83 Å². The number of carboxylic acids is 1. The molecule has 0 aliphatic rings. The molecule has 0 saturated carbocycles. The molecule has 3 heteroatoms. The first-order chi connectivity index (χ1) is 8.54. The molecule has 0 saturated heterocycles. The largest absolute Gasteiger partial charge is 0.480 e. The molecule has 0 aromatic heterocycles. The molecule has 0 fully saturated rings. The second-order valence-electron chi connectivity index (χ2n) is 5.61. The normalized spacial score (nSPS) is 12.9. The summed E-state index contributed by atoms with van der Waals surface area (Å²) in [7, 11) is 0. The van der Waals surface area contributed by atoms with Crippen LogP contribution in [0.3, 0.4) is 0 Å². The number of rotatable bonds is 12. The molecule has 18 heavy (non-hydrogen) atoms. The molecule has 0 aromatic carbocycles. The van der Waals surface area contributed by atoms with E-state index in [1.54, 1.807) is 0 Å². The average Bonchev–Trinajstić information content (AvgIpc) is 2.30. The van der Waals surface area contributed by atoms with Gasteiger partial charge in [0, 0.05) is 0 Å². The van der Waals surface area contributed by atoms with Crippen molar-refractivity contribution in [2.75, 3.05) is 0 Å². The standard InChI is InChI=1S/C15H29BrO2/c1-13(2)11-9-7-5-3-4-6-8-10-12-14(16)15(17)18/h13-14H,3-12H2,1-2H3,(H,17,18). The molecular weight excluding hydrogens is 292 g/mol. The van der Waals surface area contributed by atoms with Gasteiger partial charge in [-0.15, -0.1) is 0 Å². The van der Waals surface area contributed by atoms with Crippen molar-refractivity contribution in [2.45, 2.75) is 82.9 Å². The van der Waals surface area contributed by atoms with Crippen molar-refractivity contribution in [3.63, 3.8) is 0 Å². The van der Waals surface area contributed by atoms with Gasteiger partial charge in [0.05, 0.1) is 0 Å². The summed E-state index contributed by atoms with van der Waals surface area (Å²) < 4.78 is 0. The van der Waals surface area contributed by atoms with E-state index in [4.69, 9.17) is 5.11 Å². The molecule has 108 valence electrons. The SMILES string of the molecule is CC(C)CCCCCCCCCCC(Br)C(=O)O. The maximum Gasteiger partial charge on any atom is 0.317 e. The summed E-state index contributed by atoms with van der Waals surface area (Å²) in [4.78, 5) is 10.2. The second-order valence-corrected chi connectivity index (χ2v) is 6.71. The quantitative estimate of drug-likeness (QED) is 0.386. The van der Waals surface area contributed by atoms with Crippen molar-refractivity contribution in [1.29, 1.82) is 0 Å². The fourth-order valence-corrected chi connectivity index (χ4v) is 2.38. The molecule has 0 radical (unpaired) electrons. The number of alkyl halides is 1. The Bertz CT molecular complexity index is 205. The number of carbonyl (C=O) groups is 1. The Kier molecular flexibility index (Phi) is 12.0. The van der Waals surface area contributed by atoms with Gasteiger partial charge < -0.3 is 5.11 Å². The zero-order chi connectivity index (χ0) is 13.8. The van der Waals surface area contributed by atoms with Gasteiger partial charge in [-0.1, -0.05) is 87.6 Å². The summed E-state index contributed by atoms with van der Waals surface area (Å²) in [5.74, 6) is 0.108. The minimum atomic E-state index is -0.736. The first-order valence-corrected chi connectivity index (χ1v) is 8.32. The first-order valence-electron chi connectivity index (χ1n) is 7.41. The maximum atomic E-state index is 10.6. The summed E-state index contributed by atoms with van der Waals surface area (Å²) >= 11 is 3.17. The van der Waals surface area contributed by atoms with Crippen LogP contribution in [-0.2, 0) is 4.79 Å². The molecule has 0 spiro atoms. The third-order valence-corrected chi connectivity index (χ3v) is 4.11. The van der Waals surface area contributed by atoms with Gasteiger partial charge in [-0.2, -0.15) is 0 Å². The van der Waals surface area contributed by atoms with Crippen molar-refractivity contribution in [1.82, 2.24) is 0 Å². The second kappa shape index (κ2) is 12.0. The van der Waals surface area contributed by atoms with Crippen LogP contribution in [0.4, 0.5) is 0 Å². The van der Waals surface area contributed by atoms with Crippen LogP contribution in [0.5, 0.6) is 0 Å². The van der Waals surface area contributed by atoms with Gasteiger partial charge in [-0.05, 0) is 12.3 Å². The molecule has 0 bridgehead atoms.